The third-order valence-corrected chi connectivity index (χ3v) is 5.04. The van der Waals surface area contributed by atoms with Gasteiger partial charge in [-0.15, -0.1) is 0 Å². The number of hydrogen-bond donors (Lipinski definition) is 0. The molecule has 1 aromatic carbocycles. The second-order valence-electron chi connectivity index (χ2n) is 7.15. The minimum Gasteiger partial charge on any atom is -0.339 e. The molecular weight excluding hydrogens is 381 g/mol. The van der Waals surface area contributed by atoms with Gasteiger partial charge in [-0.2, -0.15) is 13.2 Å². The van der Waals surface area contributed by atoms with Crippen LogP contribution in [0.3, 0.4) is 0 Å². The lowest BCUT2D eigenvalue weighted by Gasteiger charge is -2.35. The first-order valence-electron chi connectivity index (χ1n) is 9.92. The van der Waals surface area contributed by atoms with Gasteiger partial charge in [-0.05, 0) is 24.6 Å². The number of amides is 1. The van der Waals surface area contributed by atoms with Crippen LogP contribution in [-0.2, 0) is 11.0 Å². The van der Waals surface area contributed by atoms with Crippen molar-refractivity contribution >= 4 is 11.9 Å². The van der Waals surface area contributed by atoms with Gasteiger partial charge in [0.15, 0.2) is 0 Å². The van der Waals surface area contributed by atoms with Crippen molar-refractivity contribution in [2.24, 2.45) is 0 Å². The molecule has 0 unspecified atom stereocenters. The smallest absolute Gasteiger partial charge is 0.339 e. The van der Waals surface area contributed by atoms with Gasteiger partial charge in [-0.1, -0.05) is 31.9 Å². The highest BCUT2D eigenvalue weighted by Gasteiger charge is 2.30. The number of aromatic nitrogens is 2. The first-order chi connectivity index (χ1) is 13.9. The van der Waals surface area contributed by atoms with Crippen LogP contribution in [0.5, 0.6) is 0 Å². The van der Waals surface area contributed by atoms with E-state index < -0.39 is 11.7 Å². The summed E-state index contributed by atoms with van der Waals surface area (Å²) >= 11 is 0. The standard InChI is InChI=1S/C21H25F3N4O/c1-2-3-4-8-19(29)27-11-13-28(14-12-27)20-25-10-9-18(26-20)16-6-5-7-17(15-16)21(22,23)24/h5-7,9-10,15H,2-4,8,11-14H2,1H3. The van der Waals surface area contributed by atoms with Gasteiger partial charge in [0, 0.05) is 44.4 Å². The fourth-order valence-electron chi connectivity index (χ4n) is 3.36. The Morgan fingerprint density at radius 3 is 2.55 bits per heavy atom. The van der Waals surface area contributed by atoms with E-state index in [1.165, 1.54) is 6.07 Å². The van der Waals surface area contributed by atoms with Crippen molar-refractivity contribution in [3.63, 3.8) is 0 Å². The number of carbonyl (C=O) groups is 1. The van der Waals surface area contributed by atoms with Crippen LogP contribution in [0, 0.1) is 0 Å². The maximum atomic E-state index is 13.0. The first-order valence-corrected chi connectivity index (χ1v) is 9.92. The molecule has 156 valence electrons. The highest BCUT2D eigenvalue weighted by Crippen LogP contribution is 2.32. The number of halogens is 3. The molecule has 1 saturated heterocycles. The summed E-state index contributed by atoms with van der Waals surface area (Å²) in [6, 6.07) is 6.73. The van der Waals surface area contributed by atoms with Crippen LogP contribution < -0.4 is 4.90 Å². The van der Waals surface area contributed by atoms with Crippen molar-refractivity contribution in [2.75, 3.05) is 31.1 Å². The van der Waals surface area contributed by atoms with Crippen LogP contribution in [0.4, 0.5) is 19.1 Å². The number of piperazine rings is 1. The minimum atomic E-state index is -4.40. The normalized spacial score (nSPS) is 14.9. The van der Waals surface area contributed by atoms with E-state index >= 15 is 0 Å². The summed E-state index contributed by atoms with van der Waals surface area (Å²) in [7, 11) is 0. The van der Waals surface area contributed by atoms with E-state index in [-0.39, 0.29) is 5.91 Å². The number of carbonyl (C=O) groups excluding carboxylic acids is 1. The fourth-order valence-corrected chi connectivity index (χ4v) is 3.36. The van der Waals surface area contributed by atoms with E-state index in [9.17, 15) is 18.0 Å². The Bertz CT molecular complexity index is 833. The van der Waals surface area contributed by atoms with E-state index in [1.54, 1.807) is 18.3 Å². The summed E-state index contributed by atoms with van der Waals surface area (Å²) in [6.07, 6.45) is 0.793. The maximum Gasteiger partial charge on any atom is 0.416 e. The summed E-state index contributed by atoms with van der Waals surface area (Å²) < 4.78 is 38.9. The van der Waals surface area contributed by atoms with E-state index in [1.807, 2.05) is 9.80 Å². The topological polar surface area (TPSA) is 49.3 Å². The SMILES string of the molecule is CCCCCC(=O)N1CCN(c2nccc(-c3cccc(C(F)(F)F)c3)n2)CC1. The maximum absolute atomic E-state index is 13.0. The lowest BCUT2D eigenvalue weighted by molar-refractivity contribution is -0.137. The van der Waals surface area contributed by atoms with Crippen molar-refractivity contribution in [1.82, 2.24) is 14.9 Å². The van der Waals surface area contributed by atoms with Crippen LogP contribution in [-0.4, -0.2) is 47.0 Å². The zero-order chi connectivity index (χ0) is 20.9. The number of hydrogen-bond acceptors (Lipinski definition) is 4. The molecule has 5 nitrogen and oxygen atoms in total. The second-order valence-corrected chi connectivity index (χ2v) is 7.15. The number of alkyl halides is 3. The summed E-state index contributed by atoms with van der Waals surface area (Å²) in [4.78, 5) is 24.8. The third-order valence-electron chi connectivity index (χ3n) is 5.04. The average molecular weight is 406 g/mol. The zero-order valence-electron chi connectivity index (χ0n) is 16.5. The number of anilines is 1. The second kappa shape index (κ2) is 9.24. The van der Waals surface area contributed by atoms with Crippen LogP contribution in [0.1, 0.15) is 38.2 Å². The molecule has 1 aliphatic heterocycles. The molecule has 0 aliphatic carbocycles. The molecule has 1 aliphatic rings. The predicted octanol–water partition coefficient (Wildman–Crippen LogP) is 4.39. The van der Waals surface area contributed by atoms with Gasteiger partial charge in [-0.3, -0.25) is 4.79 Å². The molecule has 1 fully saturated rings. The molecule has 0 bridgehead atoms. The molecule has 1 aromatic heterocycles. The van der Waals surface area contributed by atoms with E-state index in [4.69, 9.17) is 0 Å². The van der Waals surface area contributed by atoms with E-state index in [0.29, 0.717) is 49.8 Å². The van der Waals surface area contributed by atoms with Gasteiger partial charge in [0.2, 0.25) is 11.9 Å². The Balaban J connectivity index is 1.66. The summed E-state index contributed by atoms with van der Waals surface area (Å²) in [5.74, 6) is 0.648. The molecular formula is C21H25F3N4O. The number of benzene rings is 1. The van der Waals surface area contributed by atoms with Gasteiger partial charge in [-0.25, -0.2) is 9.97 Å². The molecule has 8 heteroatoms. The minimum absolute atomic E-state index is 0.178. The monoisotopic (exact) mass is 406 g/mol. The molecule has 0 atom stereocenters. The highest BCUT2D eigenvalue weighted by molar-refractivity contribution is 5.76. The van der Waals surface area contributed by atoms with Gasteiger partial charge in [0.25, 0.3) is 0 Å². The lowest BCUT2D eigenvalue weighted by Crippen LogP contribution is -2.49. The lowest BCUT2D eigenvalue weighted by atomic mass is 10.1. The molecule has 1 amide bonds. The van der Waals surface area contributed by atoms with Crippen molar-refractivity contribution in [2.45, 2.75) is 38.8 Å². The Hall–Kier alpha value is -2.64. The van der Waals surface area contributed by atoms with E-state index in [2.05, 4.69) is 16.9 Å². The summed E-state index contributed by atoms with van der Waals surface area (Å²) in [6.45, 7) is 4.51. The fraction of sp³-hybridized carbons (Fsp3) is 0.476. The summed E-state index contributed by atoms with van der Waals surface area (Å²) in [5, 5.41) is 0. The van der Waals surface area contributed by atoms with Crippen molar-refractivity contribution in [3.8, 4) is 11.3 Å². The largest absolute Gasteiger partial charge is 0.416 e. The predicted molar refractivity (Wildman–Crippen MR) is 105 cm³/mol. The number of rotatable bonds is 6. The number of nitrogens with zero attached hydrogens (tertiary/aromatic N) is 4. The molecule has 29 heavy (non-hydrogen) atoms. The van der Waals surface area contributed by atoms with Gasteiger partial charge in [0.05, 0.1) is 11.3 Å². The molecule has 0 radical (unpaired) electrons. The molecule has 0 spiro atoms. The summed E-state index contributed by atoms with van der Waals surface area (Å²) in [5.41, 5.74) is 0.137. The van der Waals surface area contributed by atoms with Crippen molar-refractivity contribution < 1.29 is 18.0 Å². The molecule has 0 N–H and O–H groups in total. The molecule has 2 aromatic rings. The molecule has 0 saturated carbocycles. The highest BCUT2D eigenvalue weighted by atomic mass is 19.4. The number of unbranched alkanes of at least 4 members (excludes halogenated alkanes) is 2. The van der Waals surface area contributed by atoms with Crippen molar-refractivity contribution in [3.05, 3.63) is 42.1 Å². The quantitative estimate of drug-likeness (QED) is 0.668. The van der Waals surface area contributed by atoms with Crippen LogP contribution in [0.15, 0.2) is 36.5 Å². The Labute approximate surface area is 168 Å². The Morgan fingerprint density at radius 2 is 1.86 bits per heavy atom. The molecule has 2 heterocycles. The third kappa shape index (κ3) is 5.46. The van der Waals surface area contributed by atoms with Crippen LogP contribution in [0.2, 0.25) is 0 Å². The Morgan fingerprint density at radius 1 is 1.10 bits per heavy atom. The van der Waals surface area contributed by atoms with Gasteiger partial charge >= 0.3 is 6.18 Å². The van der Waals surface area contributed by atoms with Crippen LogP contribution in [0.25, 0.3) is 11.3 Å². The van der Waals surface area contributed by atoms with E-state index in [0.717, 1.165) is 31.4 Å². The van der Waals surface area contributed by atoms with Crippen LogP contribution >= 0.6 is 0 Å². The first kappa shape index (κ1) is 21.1. The van der Waals surface area contributed by atoms with Gasteiger partial charge in [0.1, 0.15) is 0 Å². The Kier molecular flexibility index (Phi) is 6.71. The molecule has 3 rings (SSSR count). The van der Waals surface area contributed by atoms with Gasteiger partial charge < -0.3 is 9.80 Å². The zero-order valence-corrected chi connectivity index (χ0v) is 16.5. The van der Waals surface area contributed by atoms with Crippen molar-refractivity contribution in [1.29, 1.82) is 0 Å². The average Bonchev–Trinajstić information content (AvgIpc) is 2.73.